The van der Waals surface area contributed by atoms with Crippen LogP contribution in [-0.2, 0) is 0 Å². The molecule has 0 aromatic heterocycles. The molecule has 82 valence electrons. The second kappa shape index (κ2) is 4.14. The number of methoxy groups -OCH3 is 1. The number of nitrogens with one attached hydrogen (secondary N) is 1. The van der Waals surface area contributed by atoms with Crippen LogP contribution in [0.1, 0.15) is 17.9 Å². The third-order valence-electron chi connectivity index (χ3n) is 2.78. The maximum Gasteiger partial charge on any atom is 0.166 e. The van der Waals surface area contributed by atoms with Crippen molar-refractivity contribution in [2.24, 2.45) is 0 Å². The van der Waals surface area contributed by atoms with Crippen molar-refractivity contribution in [1.29, 1.82) is 0 Å². The van der Waals surface area contributed by atoms with Gasteiger partial charge in [0, 0.05) is 18.0 Å². The second-order valence-electron chi connectivity index (χ2n) is 3.67. The largest absolute Gasteiger partial charge is 0.496 e. The number of benzene rings is 1. The highest BCUT2D eigenvalue weighted by atomic mass is 19.2. The predicted octanol–water partition coefficient (Wildman–Crippen LogP) is 2.05. The molecule has 1 fully saturated rings. The quantitative estimate of drug-likeness (QED) is 0.811. The highest BCUT2D eigenvalue weighted by molar-refractivity contribution is 5.39. The van der Waals surface area contributed by atoms with Crippen LogP contribution in [0.15, 0.2) is 12.1 Å². The van der Waals surface area contributed by atoms with Gasteiger partial charge < -0.3 is 10.1 Å². The first-order valence-corrected chi connectivity index (χ1v) is 4.96. The fraction of sp³-hybridized carbons (Fsp3) is 0.455. The van der Waals surface area contributed by atoms with Crippen molar-refractivity contribution in [2.45, 2.75) is 12.3 Å². The molecular weight excluding hydrogens is 200 g/mol. The summed E-state index contributed by atoms with van der Waals surface area (Å²) in [5, 5.41) is 3.12. The topological polar surface area (TPSA) is 21.3 Å². The SMILES string of the molecule is COc1ccc(F)c(F)c1C1CCNC1. The van der Waals surface area contributed by atoms with Crippen molar-refractivity contribution in [3.63, 3.8) is 0 Å². The number of ether oxygens (including phenoxy) is 1. The van der Waals surface area contributed by atoms with Gasteiger partial charge in [0.05, 0.1) is 7.11 Å². The summed E-state index contributed by atoms with van der Waals surface area (Å²) in [6.45, 7) is 1.51. The van der Waals surface area contributed by atoms with Crippen LogP contribution in [0, 0.1) is 11.6 Å². The van der Waals surface area contributed by atoms with Gasteiger partial charge in [-0.1, -0.05) is 0 Å². The van der Waals surface area contributed by atoms with Crippen LogP contribution in [0.5, 0.6) is 5.75 Å². The second-order valence-corrected chi connectivity index (χ2v) is 3.67. The number of rotatable bonds is 2. The highest BCUT2D eigenvalue weighted by Gasteiger charge is 2.25. The Kier molecular flexibility index (Phi) is 2.86. The molecule has 0 spiro atoms. The molecule has 1 aromatic carbocycles. The highest BCUT2D eigenvalue weighted by Crippen LogP contribution is 2.33. The zero-order valence-corrected chi connectivity index (χ0v) is 8.52. The van der Waals surface area contributed by atoms with E-state index in [0.29, 0.717) is 17.9 Å². The van der Waals surface area contributed by atoms with Gasteiger partial charge in [0.1, 0.15) is 5.75 Å². The van der Waals surface area contributed by atoms with E-state index in [0.717, 1.165) is 19.0 Å². The van der Waals surface area contributed by atoms with Crippen LogP contribution in [0.4, 0.5) is 8.78 Å². The third-order valence-corrected chi connectivity index (χ3v) is 2.78. The van der Waals surface area contributed by atoms with Crippen molar-refractivity contribution >= 4 is 0 Å². The van der Waals surface area contributed by atoms with Gasteiger partial charge in [-0.3, -0.25) is 0 Å². The summed E-state index contributed by atoms with van der Waals surface area (Å²) in [4.78, 5) is 0. The first-order chi connectivity index (χ1) is 7.24. The molecule has 0 amide bonds. The Morgan fingerprint density at radius 3 is 2.80 bits per heavy atom. The van der Waals surface area contributed by atoms with Crippen LogP contribution in [0.3, 0.4) is 0 Å². The Morgan fingerprint density at radius 2 is 2.20 bits per heavy atom. The van der Waals surface area contributed by atoms with Crippen molar-refractivity contribution in [3.05, 3.63) is 29.3 Å². The van der Waals surface area contributed by atoms with Gasteiger partial charge in [-0.25, -0.2) is 8.78 Å². The molecule has 0 saturated carbocycles. The van der Waals surface area contributed by atoms with E-state index < -0.39 is 11.6 Å². The van der Waals surface area contributed by atoms with Crippen LogP contribution in [0.25, 0.3) is 0 Å². The Labute approximate surface area is 87.2 Å². The molecule has 0 bridgehead atoms. The van der Waals surface area contributed by atoms with Crippen molar-refractivity contribution in [2.75, 3.05) is 20.2 Å². The van der Waals surface area contributed by atoms with Gasteiger partial charge in [0.2, 0.25) is 0 Å². The van der Waals surface area contributed by atoms with E-state index in [-0.39, 0.29) is 5.92 Å². The zero-order chi connectivity index (χ0) is 10.8. The van der Waals surface area contributed by atoms with E-state index in [1.807, 2.05) is 0 Å². The minimum absolute atomic E-state index is 0.00986. The lowest BCUT2D eigenvalue weighted by molar-refractivity contribution is 0.392. The average molecular weight is 213 g/mol. The molecule has 1 heterocycles. The Bertz CT molecular complexity index is 362. The summed E-state index contributed by atoms with van der Waals surface area (Å²) in [7, 11) is 1.47. The molecule has 1 unspecified atom stereocenters. The summed E-state index contributed by atoms with van der Waals surface area (Å²) in [5.74, 6) is -1.14. The zero-order valence-electron chi connectivity index (χ0n) is 8.52. The lowest BCUT2D eigenvalue weighted by atomic mass is 9.96. The van der Waals surface area contributed by atoms with E-state index >= 15 is 0 Å². The molecule has 1 atom stereocenters. The molecule has 2 rings (SSSR count). The Hall–Kier alpha value is -1.16. The van der Waals surface area contributed by atoms with Crippen LogP contribution in [-0.4, -0.2) is 20.2 Å². The van der Waals surface area contributed by atoms with E-state index in [1.165, 1.54) is 13.2 Å². The fourth-order valence-corrected chi connectivity index (χ4v) is 2.01. The third kappa shape index (κ3) is 1.81. The molecule has 1 saturated heterocycles. The molecule has 15 heavy (non-hydrogen) atoms. The maximum atomic E-state index is 13.6. The van der Waals surface area contributed by atoms with Gasteiger partial charge in [0.15, 0.2) is 11.6 Å². The maximum absolute atomic E-state index is 13.6. The predicted molar refractivity (Wildman–Crippen MR) is 53.1 cm³/mol. The summed E-state index contributed by atoms with van der Waals surface area (Å²) in [5.41, 5.74) is 0.363. The van der Waals surface area contributed by atoms with Gasteiger partial charge >= 0.3 is 0 Å². The molecule has 1 aliphatic heterocycles. The van der Waals surface area contributed by atoms with E-state index in [9.17, 15) is 8.78 Å². The lowest BCUT2D eigenvalue weighted by Gasteiger charge is -2.14. The monoisotopic (exact) mass is 213 g/mol. The molecule has 1 N–H and O–H groups in total. The van der Waals surface area contributed by atoms with E-state index in [1.54, 1.807) is 0 Å². The molecule has 0 radical (unpaired) electrons. The lowest BCUT2D eigenvalue weighted by Crippen LogP contribution is -2.10. The Morgan fingerprint density at radius 1 is 1.40 bits per heavy atom. The van der Waals surface area contributed by atoms with Crippen molar-refractivity contribution in [3.8, 4) is 5.75 Å². The van der Waals surface area contributed by atoms with Crippen LogP contribution < -0.4 is 10.1 Å². The van der Waals surface area contributed by atoms with E-state index in [2.05, 4.69) is 5.32 Å². The van der Waals surface area contributed by atoms with Gasteiger partial charge in [-0.15, -0.1) is 0 Å². The van der Waals surface area contributed by atoms with E-state index in [4.69, 9.17) is 4.74 Å². The van der Waals surface area contributed by atoms with Crippen molar-refractivity contribution < 1.29 is 13.5 Å². The number of hydrogen-bond acceptors (Lipinski definition) is 2. The van der Waals surface area contributed by atoms with Gasteiger partial charge in [-0.2, -0.15) is 0 Å². The smallest absolute Gasteiger partial charge is 0.166 e. The minimum atomic E-state index is -0.808. The van der Waals surface area contributed by atoms with Crippen LogP contribution >= 0.6 is 0 Å². The van der Waals surface area contributed by atoms with Gasteiger partial charge in [0.25, 0.3) is 0 Å². The summed E-state index contributed by atoms with van der Waals surface area (Å²) in [6.07, 6.45) is 0.816. The summed E-state index contributed by atoms with van der Waals surface area (Å²) in [6, 6.07) is 2.58. The normalized spacial score (nSPS) is 20.6. The number of halogens is 2. The standard InChI is InChI=1S/C11H13F2NO/c1-15-9-3-2-8(12)11(13)10(9)7-4-5-14-6-7/h2-3,7,14H,4-6H2,1H3. The molecule has 2 nitrogen and oxygen atoms in total. The number of hydrogen-bond donors (Lipinski definition) is 1. The molecule has 1 aliphatic rings. The molecule has 0 aliphatic carbocycles. The Balaban J connectivity index is 2.45. The molecule has 4 heteroatoms. The first kappa shape index (κ1) is 10.4. The first-order valence-electron chi connectivity index (χ1n) is 4.96. The average Bonchev–Trinajstić information content (AvgIpc) is 2.75. The van der Waals surface area contributed by atoms with Crippen molar-refractivity contribution in [1.82, 2.24) is 5.32 Å². The molecular formula is C11H13F2NO. The minimum Gasteiger partial charge on any atom is -0.496 e. The summed E-state index contributed by atoms with van der Waals surface area (Å²) < 4.78 is 31.8. The van der Waals surface area contributed by atoms with Gasteiger partial charge in [-0.05, 0) is 25.1 Å². The molecule has 1 aromatic rings. The van der Waals surface area contributed by atoms with Crippen LogP contribution in [0.2, 0.25) is 0 Å². The summed E-state index contributed by atoms with van der Waals surface area (Å²) >= 11 is 0. The fourth-order valence-electron chi connectivity index (χ4n) is 2.01.